The fraction of sp³-hybridized carbons (Fsp3) is 0.400. The lowest BCUT2D eigenvalue weighted by atomic mass is 10.1. The molecular weight excluding hydrogens is 245 g/mol. The molecule has 1 aromatic rings. The van der Waals surface area contributed by atoms with Crippen LogP contribution < -0.4 is 10.5 Å². The summed E-state index contributed by atoms with van der Waals surface area (Å²) in [5.41, 5.74) is 4.31. The van der Waals surface area contributed by atoms with E-state index < -0.39 is 24.1 Å². The SMILES string of the molecule is NCCc1ccc(OC(F)F)c(C(F)(F)F)c1. The summed E-state index contributed by atoms with van der Waals surface area (Å²) in [7, 11) is 0. The number of benzene rings is 1. The standard InChI is InChI=1S/C10H10F5NO/c11-9(12)17-8-2-1-6(3-4-16)5-7(8)10(13,14)15/h1-2,5,9H,3-4,16H2. The summed E-state index contributed by atoms with van der Waals surface area (Å²) in [6.07, 6.45) is -4.51. The van der Waals surface area contributed by atoms with Crippen LogP contribution in [0.2, 0.25) is 0 Å². The number of nitrogens with two attached hydrogens (primary N) is 1. The van der Waals surface area contributed by atoms with Crippen molar-refractivity contribution in [3.63, 3.8) is 0 Å². The van der Waals surface area contributed by atoms with Crippen LogP contribution in [0.4, 0.5) is 22.0 Å². The molecular formula is C10H10F5NO. The van der Waals surface area contributed by atoms with E-state index in [1.54, 1.807) is 0 Å². The molecule has 1 rings (SSSR count). The van der Waals surface area contributed by atoms with Gasteiger partial charge in [0.25, 0.3) is 0 Å². The zero-order chi connectivity index (χ0) is 13.1. The van der Waals surface area contributed by atoms with Crippen LogP contribution in [0, 0.1) is 0 Å². The van der Waals surface area contributed by atoms with Crippen molar-refractivity contribution in [1.82, 2.24) is 0 Å². The molecule has 0 aliphatic heterocycles. The number of ether oxygens (including phenoxy) is 1. The van der Waals surface area contributed by atoms with Gasteiger partial charge in [-0.3, -0.25) is 0 Å². The molecule has 0 saturated heterocycles. The zero-order valence-corrected chi connectivity index (χ0v) is 8.60. The van der Waals surface area contributed by atoms with Gasteiger partial charge in [-0.2, -0.15) is 22.0 Å². The molecule has 7 heteroatoms. The van der Waals surface area contributed by atoms with E-state index in [4.69, 9.17) is 5.73 Å². The fourth-order valence-electron chi connectivity index (χ4n) is 1.32. The Bertz CT molecular complexity index is 377. The molecule has 2 N–H and O–H groups in total. The highest BCUT2D eigenvalue weighted by atomic mass is 19.4. The summed E-state index contributed by atoms with van der Waals surface area (Å²) in [6.45, 7) is -3.12. The van der Waals surface area contributed by atoms with Crippen molar-refractivity contribution in [2.45, 2.75) is 19.2 Å². The van der Waals surface area contributed by atoms with Gasteiger partial charge in [0.1, 0.15) is 5.75 Å². The molecule has 1 aromatic carbocycles. The van der Waals surface area contributed by atoms with Gasteiger partial charge in [-0.1, -0.05) is 6.07 Å². The Balaban J connectivity index is 3.12. The predicted molar refractivity (Wildman–Crippen MR) is 50.8 cm³/mol. The summed E-state index contributed by atoms with van der Waals surface area (Å²) in [5, 5.41) is 0. The van der Waals surface area contributed by atoms with Gasteiger partial charge in [0.15, 0.2) is 0 Å². The van der Waals surface area contributed by atoms with Crippen LogP contribution in [-0.2, 0) is 12.6 Å². The van der Waals surface area contributed by atoms with Gasteiger partial charge in [-0.15, -0.1) is 0 Å². The van der Waals surface area contributed by atoms with Crippen LogP contribution in [0.15, 0.2) is 18.2 Å². The lowest BCUT2D eigenvalue weighted by molar-refractivity contribution is -0.141. The lowest BCUT2D eigenvalue weighted by Crippen LogP contribution is -2.12. The summed E-state index contributed by atoms with van der Waals surface area (Å²) >= 11 is 0. The van der Waals surface area contributed by atoms with Crippen molar-refractivity contribution < 1.29 is 26.7 Å². The first-order valence-electron chi connectivity index (χ1n) is 4.69. The largest absolute Gasteiger partial charge is 0.434 e. The fourth-order valence-corrected chi connectivity index (χ4v) is 1.32. The number of hydrogen-bond acceptors (Lipinski definition) is 2. The maximum atomic E-state index is 12.6. The number of alkyl halides is 5. The van der Waals surface area contributed by atoms with E-state index in [9.17, 15) is 22.0 Å². The van der Waals surface area contributed by atoms with Crippen molar-refractivity contribution in [2.24, 2.45) is 5.73 Å². The maximum Gasteiger partial charge on any atom is 0.419 e. The second-order valence-corrected chi connectivity index (χ2v) is 3.25. The molecule has 0 amide bonds. The van der Waals surface area contributed by atoms with E-state index in [1.807, 2.05) is 0 Å². The first kappa shape index (κ1) is 13.7. The van der Waals surface area contributed by atoms with Crippen LogP contribution in [0.5, 0.6) is 5.75 Å². The predicted octanol–water partition coefficient (Wildman–Crippen LogP) is 2.81. The van der Waals surface area contributed by atoms with Crippen LogP contribution in [0.1, 0.15) is 11.1 Å². The van der Waals surface area contributed by atoms with Crippen molar-refractivity contribution in [3.8, 4) is 5.75 Å². The third-order valence-corrected chi connectivity index (χ3v) is 2.00. The van der Waals surface area contributed by atoms with Gasteiger partial charge in [-0.25, -0.2) is 0 Å². The molecule has 0 saturated carbocycles. The molecule has 0 unspecified atom stereocenters. The van der Waals surface area contributed by atoms with E-state index in [-0.39, 0.29) is 13.0 Å². The Hall–Kier alpha value is -1.37. The second-order valence-electron chi connectivity index (χ2n) is 3.25. The molecule has 0 aliphatic carbocycles. The van der Waals surface area contributed by atoms with Crippen LogP contribution in [0.3, 0.4) is 0 Å². The van der Waals surface area contributed by atoms with E-state index in [0.29, 0.717) is 5.56 Å². The van der Waals surface area contributed by atoms with Crippen LogP contribution in [-0.4, -0.2) is 13.2 Å². The minimum absolute atomic E-state index is 0.173. The quantitative estimate of drug-likeness (QED) is 0.839. The van der Waals surface area contributed by atoms with E-state index >= 15 is 0 Å². The average molecular weight is 255 g/mol. The minimum atomic E-state index is -4.74. The number of rotatable bonds is 4. The summed E-state index contributed by atoms with van der Waals surface area (Å²) in [4.78, 5) is 0. The highest BCUT2D eigenvalue weighted by Crippen LogP contribution is 2.37. The lowest BCUT2D eigenvalue weighted by Gasteiger charge is -2.14. The first-order valence-corrected chi connectivity index (χ1v) is 4.69. The van der Waals surface area contributed by atoms with Gasteiger partial charge in [-0.05, 0) is 30.7 Å². The molecule has 0 heterocycles. The molecule has 96 valence electrons. The minimum Gasteiger partial charge on any atom is -0.434 e. The molecule has 0 aliphatic rings. The van der Waals surface area contributed by atoms with Gasteiger partial charge >= 0.3 is 12.8 Å². The van der Waals surface area contributed by atoms with Gasteiger partial charge in [0, 0.05) is 0 Å². The molecule has 0 aromatic heterocycles. The third-order valence-electron chi connectivity index (χ3n) is 2.00. The Morgan fingerprint density at radius 3 is 2.35 bits per heavy atom. The van der Waals surface area contributed by atoms with Gasteiger partial charge in [0.2, 0.25) is 0 Å². The number of halogens is 5. The molecule has 0 atom stereocenters. The smallest absolute Gasteiger partial charge is 0.419 e. The molecule has 0 spiro atoms. The van der Waals surface area contributed by atoms with Gasteiger partial charge < -0.3 is 10.5 Å². The molecule has 0 fully saturated rings. The molecule has 0 radical (unpaired) electrons. The normalized spacial score (nSPS) is 11.9. The second kappa shape index (κ2) is 5.31. The summed E-state index contributed by atoms with van der Waals surface area (Å²) in [6, 6.07) is 2.92. The Morgan fingerprint density at radius 2 is 1.88 bits per heavy atom. The molecule has 2 nitrogen and oxygen atoms in total. The van der Waals surface area contributed by atoms with Crippen molar-refractivity contribution in [2.75, 3.05) is 6.54 Å². The Morgan fingerprint density at radius 1 is 1.24 bits per heavy atom. The van der Waals surface area contributed by atoms with Crippen molar-refractivity contribution in [3.05, 3.63) is 29.3 Å². The van der Waals surface area contributed by atoms with Crippen molar-refractivity contribution >= 4 is 0 Å². The van der Waals surface area contributed by atoms with Crippen molar-refractivity contribution in [1.29, 1.82) is 0 Å². The topological polar surface area (TPSA) is 35.2 Å². The molecule has 0 bridgehead atoms. The highest BCUT2D eigenvalue weighted by Gasteiger charge is 2.35. The monoisotopic (exact) mass is 255 g/mol. The average Bonchev–Trinajstić information content (AvgIpc) is 2.18. The van der Waals surface area contributed by atoms with E-state index in [2.05, 4.69) is 4.74 Å². The number of hydrogen-bond donors (Lipinski definition) is 1. The maximum absolute atomic E-state index is 12.6. The summed E-state index contributed by atoms with van der Waals surface area (Å²) < 4.78 is 65.4. The van der Waals surface area contributed by atoms with Crippen LogP contribution in [0.25, 0.3) is 0 Å². The first-order chi connectivity index (χ1) is 7.84. The molecule has 17 heavy (non-hydrogen) atoms. The Labute approximate surface area is 94.2 Å². The van der Waals surface area contributed by atoms with E-state index in [1.165, 1.54) is 6.07 Å². The zero-order valence-electron chi connectivity index (χ0n) is 8.60. The van der Waals surface area contributed by atoms with Crippen LogP contribution >= 0.6 is 0 Å². The summed E-state index contributed by atoms with van der Waals surface area (Å²) in [5.74, 6) is -0.881. The Kier molecular flexibility index (Phi) is 4.28. The third kappa shape index (κ3) is 3.85. The van der Waals surface area contributed by atoms with E-state index in [0.717, 1.165) is 12.1 Å². The van der Waals surface area contributed by atoms with Gasteiger partial charge in [0.05, 0.1) is 5.56 Å². The highest BCUT2D eigenvalue weighted by molar-refractivity contribution is 5.39.